The molecule has 2 aliphatic heterocycles. The number of nitrogens with one attached hydrogen (secondary N) is 1. The summed E-state index contributed by atoms with van der Waals surface area (Å²) in [5, 5.41) is 0. The van der Waals surface area contributed by atoms with Crippen molar-refractivity contribution in [1.29, 1.82) is 0 Å². The van der Waals surface area contributed by atoms with Crippen molar-refractivity contribution in [3.8, 4) is 0 Å². The Bertz CT molecular complexity index is 637. The minimum Gasteiger partial charge on any atom is -0.372 e. The summed E-state index contributed by atoms with van der Waals surface area (Å²) < 4.78 is 33.4. The van der Waals surface area contributed by atoms with Crippen molar-refractivity contribution >= 4 is 10.0 Å². The number of nitrogens with zero attached hydrogens (tertiary/aromatic N) is 1. The molecule has 2 heterocycles. The van der Waals surface area contributed by atoms with Crippen molar-refractivity contribution in [3.05, 3.63) is 29.3 Å². The van der Waals surface area contributed by atoms with E-state index in [0.29, 0.717) is 18.1 Å². The van der Waals surface area contributed by atoms with Crippen LogP contribution in [0.25, 0.3) is 0 Å². The molecule has 0 bridgehead atoms. The highest BCUT2D eigenvalue weighted by molar-refractivity contribution is 7.89. The Labute approximate surface area is 139 Å². The van der Waals surface area contributed by atoms with Crippen LogP contribution in [-0.4, -0.2) is 39.0 Å². The third-order valence-electron chi connectivity index (χ3n) is 4.74. The molecule has 0 radical (unpaired) electrons. The number of ether oxygens (including phenoxy) is 1. The standard InChI is InChI=1S/C17H26N2O3S/c1-2-3-8-19-9-6-16(7-10-19)18-23(20,21)17-5-4-14-12-22-13-15(14)11-17/h4-5,11,16,18H,2-3,6-10,12-13H2,1H3. The number of hydrogen-bond donors (Lipinski definition) is 1. The van der Waals surface area contributed by atoms with Crippen LogP contribution in [0.3, 0.4) is 0 Å². The Morgan fingerprint density at radius 2 is 1.96 bits per heavy atom. The summed E-state index contributed by atoms with van der Waals surface area (Å²) in [4.78, 5) is 2.79. The SMILES string of the molecule is CCCCN1CCC(NS(=O)(=O)c2ccc3c(c2)COC3)CC1. The van der Waals surface area contributed by atoms with Gasteiger partial charge in [-0.05, 0) is 62.2 Å². The van der Waals surface area contributed by atoms with E-state index in [9.17, 15) is 8.42 Å². The molecule has 1 saturated heterocycles. The Morgan fingerprint density at radius 3 is 2.70 bits per heavy atom. The molecule has 0 amide bonds. The van der Waals surface area contributed by atoms with E-state index >= 15 is 0 Å². The topological polar surface area (TPSA) is 58.6 Å². The molecule has 0 saturated carbocycles. The van der Waals surface area contributed by atoms with Gasteiger partial charge in [0.15, 0.2) is 0 Å². The lowest BCUT2D eigenvalue weighted by atomic mass is 10.1. The van der Waals surface area contributed by atoms with Gasteiger partial charge in [0, 0.05) is 6.04 Å². The van der Waals surface area contributed by atoms with Crippen LogP contribution in [-0.2, 0) is 28.0 Å². The van der Waals surface area contributed by atoms with Gasteiger partial charge in [-0.1, -0.05) is 19.4 Å². The van der Waals surface area contributed by atoms with Gasteiger partial charge in [-0.3, -0.25) is 0 Å². The van der Waals surface area contributed by atoms with Crippen LogP contribution in [0, 0.1) is 0 Å². The van der Waals surface area contributed by atoms with E-state index in [4.69, 9.17) is 4.74 Å². The van der Waals surface area contributed by atoms with Crippen molar-refractivity contribution in [3.63, 3.8) is 0 Å². The Morgan fingerprint density at radius 1 is 1.22 bits per heavy atom. The summed E-state index contributed by atoms with van der Waals surface area (Å²) in [5.74, 6) is 0. The van der Waals surface area contributed by atoms with Crippen LogP contribution in [0.2, 0.25) is 0 Å². The summed E-state index contributed by atoms with van der Waals surface area (Å²) in [6.07, 6.45) is 4.19. The molecule has 0 aliphatic carbocycles. The smallest absolute Gasteiger partial charge is 0.240 e. The highest BCUT2D eigenvalue weighted by atomic mass is 32.2. The molecular weight excluding hydrogens is 312 g/mol. The molecule has 0 unspecified atom stereocenters. The average molecular weight is 338 g/mol. The molecule has 0 spiro atoms. The van der Waals surface area contributed by atoms with E-state index in [1.165, 1.54) is 12.8 Å². The van der Waals surface area contributed by atoms with Crippen LogP contribution in [0.1, 0.15) is 43.7 Å². The van der Waals surface area contributed by atoms with Crippen molar-refractivity contribution in [2.45, 2.75) is 56.8 Å². The van der Waals surface area contributed by atoms with E-state index in [1.807, 2.05) is 6.07 Å². The number of benzene rings is 1. The molecule has 1 aromatic rings. The second kappa shape index (κ2) is 7.30. The lowest BCUT2D eigenvalue weighted by molar-refractivity contribution is 0.134. The third-order valence-corrected chi connectivity index (χ3v) is 6.26. The number of likely N-dealkylation sites (tertiary alicyclic amines) is 1. The zero-order valence-corrected chi connectivity index (χ0v) is 14.6. The molecule has 1 fully saturated rings. The van der Waals surface area contributed by atoms with Gasteiger partial charge in [-0.15, -0.1) is 0 Å². The molecule has 0 aromatic heterocycles. The number of unbranched alkanes of at least 4 members (excludes halogenated alkanes) is 1. The first-order valence-corrected chi connectivity index (χ1v) is 10.0. The maximum Gasteiger partial charge on any atom is 0.240 e. The zero-order valence-electron chi connectivity index (χ0n) is 13.8. The summed E-state index contributed by atoms with van der Waals surface area (Å²) in [6.45, 7) is 6.37. The second-order valence-electron chi connectivity index (χ2n) is 6.51. The maximum absolute atomic E-state index is 12.6. The van der Waals surface area contributed by atoms with E-state index in [0.717, 1.165) is 43.6 Å². The quantitative estimate of drug-likeness (QED) is 0.864. The lowest BCUT2D eigenvalue weighted by Gasteiger charge is -2.32. The van der Waals surface area contributed by atoms with Crippen molar-refractivity contribution in [1.82, 2.24) is 9.62 Å². The van der Waals surface area contributed by atoms with Crippen molar-refractivity contribution in [2.75, 3.05) is 19.6 Å². The number of piperidine rings is 1. The molecule has 1 aromatic carbocycles. The molecule has 0 atom stereocenters. The van der Waals surface area contributed by atoms with Gasteiger partial charge in [0.25, 0.3) is 0 Å². The van der Waals surface area contributed by atoms with Crippen molar-refractivity contribution < 1.29 is 13.2 Å². The molecule has 5 nitrogen and oxygen atoms in total. The summed E-state index contributed by atoms with van der Waals surface area (Å²) in [5.41, 5.74) is 2.08. The van der Waals surface area contributed by atoms with Gasteiger partial charge in [0.1, 0.15) is 0 Å². The Balaban J connectivity index is 1.59. The first kappa shape index (κ1) is 16.9. The van der Waals surface area contributed by atoms with Gasteiger partial charge < -0.3 is 9.64 Å². The Hall–Kier alpha value is -0.950. The van der Waals surface area contributed by atoms with Crippen LogP contribution < -0.4 is 4.72 Å². The number of rotatable bonds is 6. The molecular formula is C17H26N2O3S. The molecule has 23 heavy (non-hydrogen) atoms. The summed E-state index contributed by atoms with van der Waals surface area (Å²) in [7, 11) is -3.44. The Kier molecular flexibility index (Phi) is 5.36. The normalized spacial score (nSPS) is 19.9. The van der Waals surface area contributed by atoms with Gasteiger partial charge in [0.05, 0.1) is 18.1 Å². The molecule has 128 valence electrons. The van der Waals surface area contributed by atoms with E-state index in [2.05, 4.69) is 16.5 Å². The van der Waals surface area contributed by atoms with Crippen LogP contribution >= 0.6 is 0 Å². The largest absolute Gasteiger partial charge is 0.372 e. The predicted molar refractivity (Wildman–Crippen MR) is 89.6 cm³/mol. The molecule has 2 aliphatic rings. The van der Waals surface area contributed by atoms with Gasteiger partial charge in [-0.25, -0.2) is 13.1 Å². The van der Waals surface area contributed by atoms with Crippen molar-refractivity contribution in [2.24, 2.45) is 0 Å². The van der Waals surface area contributed by atoms with E-state index < -0.39 is 10.0 Å². The number of sulfonamides is 1. The summed E-state index contributed by atoms with van der Waals surface area (Å²) >= 11 is 0. The fourth-order valence-corrected chi connectivity index (χ4v) is 4.61. The molecule has 1 N–H and O–H groups in total. The zero-order chi connectivity index (χ0) is 16.3. The number of fused-ring (bicyclic) bond motifs is 1. The molecule has 3 rings (SSSR count). The average Bonchev–Trinajstić information content (AvgIpc) is 3.01. The minimum absolute atomic E-state index is 0.0439. The van der Waals surface area contributed by atoms with E-state index in [-0.39, 0.29) is 6.04 Å². The van der Waals surface area contributed by atoms with Gasteiger partial charge in [-0.2, -0.15) is 0 Å². The van der Waals surface area contributed by atoms with Gasteiger partial charge in [0.2, 0.25) is 10.0 Å². The first-order chi connectivity index (χ1) is 11.1. The fourth-order valence-electron chi connectivity index (χ4n) is 3.26. The van der Waals surface area contributed by atoms with Crippen LogP contribution in [0.4, 0.5) is 0 Å². The predicted octanol–water partition coefficient (Wildman–Crippen LogP) is 2.26. The second-order valence-corrected chi connectivity index (χ2v) is 8.23. The fraction of sp³-hybridized carbons (Fsp3) is 0.647. The van der Waals surface area contributed by atoms with Crippen LogP contribution in [0.15, 0.2) is 23.1 Å². The third kappa shape index (κ3) is 4.12. The molecule has 6 heteroatoms. The minimum atomic E-state index is -3.44. The highest BCUT2D eigenvalue weighted by Crippen LogP contribution is 2.23. The van der Waals surface area contributed by atoms with Gasteiger partial charge >= 0.3 is 0 Å². The lowest BCUT2D eigenvalue weighted by Crippen LogP contribution is -2.44. The maximum atomic E-state index is 12.6. The highest BCUT2D eigenvalue weighted by Gasteiger charge is 2.25. The first-order valence-electron chi connectivity index (χ1n) is 8.53. The monoisotopic (exact) mass is 338 g/mol. The summed E-state index contributed by atoms with van der Waals surface area (Å²) in [6, 6.07) is 5.35. The van der Waals surface area contributed by atoms with E-state index in [1.54, 1.807) is 12.1 Å². The number of hydrogen-bond acceptors (Lipinski definition) is 4. The van der Waals surface area contributed by atoms with Crippen LogP contribution in [0.5, 0.6) is 0 Å².